The van der Waals surface area contributed by atoms with Gasteiger partial charge in [-0.2, -0.15) is 0 Å². The maximum atomic E-state index is 12.2. The molecule has 0 saturated heterocycles. The van der Waals surface area contributed by atoms with Gasteiger partial charge in [0.05, 0.1) is 5.38 Å². The second kappa shape index (κ2) is 5.94. The highest BCUT2D eigenvalue weighted by Crippen LogP contribution is 2.25. The van der Waals surface area contributed by atoms with E-state index in [1.807, 2.05) is 13.0 Å². The number of fused-ring (bicyclic) bond motifs is 1. The maximum absolute atomic E-state index is 12.2. The van der Waals surface area contributed by atoms with E-state index in [-0.39, 0.29) is 17.0 Å². The Morgan fingerprint density at radius 3 is 2.67 bits per heavy atom. The Morgan fingerprint density at radius 2 is 1.95 bits per heavy atom. The first kappa shape index (κ1) is 14.2. The summed E-state index contributed by atoms with van der Waals surface area (Å²) in [6.07, 6.45) is 4.70. The minimum Gasteiger partial charge on any atom is -0.454 e. The summed E-state index contributed by atoms with van der Waals surface area (Å²) in [5, 5.41) is 2.64. The summed E-state index contributed by atoms with van der Waals surface area (Å²) >= 11 is 5.94. The van der Waals surface area contributed by atoms with Crippen LogP contribution in [0.15, 0.2) is 34.7 Å². The molecule has 1 aromatic carbocycles. The Labute approximate surface area is 129 Å². The van der Waals surface area contributed by atoms with Gasteiger partial charge in [0.1, 0.15) is 5.76 Å². The number of aryl methyl sites for hydroxylation is 2. The number of carbonyl (C=O) groups excluding carboxylic acids is 1. The van der Waals surface area contributed by atoms with E-state index in [4.69, 9.17) is 16.0 Å². The van der Waals surface area contributed by atoms with Crippen LogP contribution in [0.2, 0.25) is 0 Å². The standard InChI is InChI=1S/C17H18ClNO2/c1-11(18)15-8-9-16(21-15)17(20)19-14-7-6-12-4-2-3-5-13(12)10-14/h6-11H,2-5H2,1H3,(H,19,20). The molecule has 0 bridgehead atoms. The molecule has 1 amide bonds. The molecule has 0 saturated carbocycles. The van der Waals surface area contributed by atoms with Crippen molar-refractivity contribution in [2.24, 2.45) is 0 Å². The Balaban J connectivity index is 1.74. The summed E-state index contributed by atoms with van der Waals surface area (Å²) in [5.74, 6) is 0.650. The highest BCUT2D eigenvalue weighted by atomic mass is 35.5. The first-order valence-corrected chi connectivity index (χ1v) is 7.74. The molecule has 4 heteroatoms. The van der Waals surface area contributed by atoms with Crippen LogP contribution in [0.3, 0.4) is 0 Å². The van der Waals surface area contributed by atoms with Crippen molar-refractivity contribution in [2.75, 3.05) is 5.32 Å². The maximum Gasteiger partial charge on any atom is 0.291 e. The van der Waals surface area contributed by atoms with E-state index in [1.54, 1.807) is 12.1 Å². The molecule has 0 radical (unpaired) electrons. The van der Waals surface area contributed by atoms with Crippen molar-refractivity contribution in [1.82, 2.24) is 0 Å². The number of benzene rings is 1. The molecule has 1 aliphatic rings. The lowest BCUT2D eigenvalue weighted by Crippen LogP contribution is -2.12. The molecule has 1 aliphatic carbocycles. The summed E-state index contributed by atoms with van der Waals surface area (Å²) in [4.78, 5) is 12.2. The zero-order valence-electron chi connectivity index (χ0n) is 12.0. The highest BCUT2D eigenvalue weighted by molar-refractivity contribution is 6.20. The van der Waals surface area contributed by atoms with E-state index in [2.05, 4.69) is 17.4 Å². The van der Waals surface area contributed by atoms with Crippen LogP contribution in [0.4, 0.5) is 5.69 Å². The Morgan fingerprint density at radius 1 is 1.19 bits per heavy atom. The van der Waals surface area contributed by atoms with Crippen LogP contribution in [0.25, 0.3) is 0 Å². The van der Waals surface area contributed by atoms with Gasteiger partial charge in [0.15, 0.2) is 5.76 Å². The number of hydrogen-bond acceptors (Lipinski definition) is 2. The summed E-state index contributed by atoms with van der Waals surface area (Å²) in [6.45, 7) is 1.81. The van der Waals surface area contributed by atoms with Crippen molar-refractivity contribution < 1.29 is 9.21 Å². The van der Waals surface area contributed by atoms with Gasteiger partial charge in [0.25, 0.3) is 5.91 Å². The van der Waals surface area contributed by atoms with Crippen molar-refractivity contribution >= 4 is 23.2 Å². The van der Waals surface area contributed by atoms with Gasteiger partial charge in [0.2, 0.25) is 0 Å². The number of hydrogen-bond donors (Lipinski definition) is 1. The van der Waals surface area contributed by atoms with Gasteiger partial charge in [-0.05, 0) is 68.0 Å². The van der Waals surface area contributed by atoms with Crippen molar-refractivity contribution in [1.29, 1.82) is 0 Å². The van der Waals surface area contributed by atoms with Crippen LogP contribution in [0, 0.1) is 0 Å². The molecular weight excluding hydrogens is 286 g/mol. The molecule has 1 N–H and O–H groups in total. The minimum atomic E-state index is -0.241. The summed E-state index contributed by atoms with van der Waals surface area (Å²) < 4.78 is 5.45. The number of anilines is 1. The molecule has 1 unspecified atom stereocenters. The van der Waals surface area contributed by atoms with Crippen LogP contribution in [-0.4, -0.2) is 5.91 Å². The third-order valence-corrected chi connectivity index (χ3v) is 4.06. The summed E-state index contributed by atoms with van der Waals surface area (Å²) in [7, 11) is 0. The number of amides is 1. The van der Waals surface area contributed by atoms with E-state index in [0.29, 0.717) is 5.76 Å². The smallest absolute Gasteiger partial charge is 0.291 e. The number of rotatable bonds is 3. The SMILES string of the molecule is CC(Cl)c1ccc(C(=O)Nc2ccc3c(c2)CCCC3)o1. The van der Waals surface area contributed by atoms with Crippen molar-refractivity contribution in [2.45, 2.75) is 38.0 Å². The van der Waals surface area contributed by atoms with E-state index >= 15 is 0 Å². The normalized spacial score (nSPS) is 15.3. The average Bonchev–Trinajstić information content (AvgIpc) is 2.97. The van der Waals surface area contributed by atoms with Crippen LogP contribution >= 0.6 is 11.6 Å². The van der Waals surface area contributed by atoms with Crippen LogP contribution < -0.4 is 5.32 Å². The predicted molar refractivity (Wildman–Crippen MR) is 84.0 cm³/mol. The number of alkyl halides is 1. The molecule has 0 aliphatic heterocycles. The molecule has 21 heavy (non-hydrogen) atoms. The fourth-order valence-corrected chi connectivity index (χ4v) is 2.81. The van der Waals surface area contributed by atoms with Gasteiger partial charge in [0, 0.05) is 5.69 Å². The number of nitrogens with one attached hydrogen (secondary N) is 1. The zero-order valence-corrected chi connectivity index (χ0v) is 12.7. The second-order valence-electron chi connectivity index (χ2n) is 5.46. The Hall–Kier alpha value is -1.74. The molecular formula is C17H18ClNO2. The molecule has 3 nitrogen and oxygen atoms in total. The van der Waals surface area contributed by atoms with Crippen molar-refractivity contribution in [3.63, 3.8) is 0 Å². The van der Waals surface area contributed by atoms with Crippen LogP contribution in [-0.2, 0) is 12.8 Å². The van der Waals surface area contributed by atoms with Gasteiger partial charge in [-0.15, -0.1) is 11.6 Å². The third-order valence-electron chi connectivity index (χ3n) is 3.85. The first-order chi connectivity index (χ1) is 10.1. The monoisotopic (exact) mass is 303 g/mol. The lowest BCUT2D eigenvalue weighted by Gasteiger charge is -2.16. The molecule has 0 spiro atoms. The lowest BCUT2D eigenvalue weighted by molar-refractivity contribution is 0.0995. The van der Waals surface area contributed by atoms with E-state index in [1.165, 1.54) is 24.0 Å². The zero-order chi connectivity index (χ0) is 14.8. The van der Waals surface area contributed by atoms with Gasteiger partial charge in [-0.25, -0.2) is 0 Å². The molecule has 110 valence electrons. The van der Waals surface area contributed by atoms with E-state index in [9.17, 15) is 4.79 Å². The van der Waals surface area contributed by atoms with E-state index < -0.39 is 0 Å². The molecule has 2 aromatic rings. The molecule has 1 aromatic heterocycles. The number of halogens is 1. The minimum absolute atomic E-state index is 0.240. The molecule has 1 heterocycles. The van der Waals surface area contributed by atoms with Gasteiger partial charge in [-0.1, -0.05) is 6.07 Å². The van der Waals surface area contributed by atoms with Crippen molar-refractivity contribution in [3.05, 3.63) is 53.0 Å². The Kier molecular flexibility index (Phi) is 4.02. The summed E-state index contributed by atoms with van der Waals surface area (Å²) in [6, 6.07) is 9.52. The molecule has 0 fully saturated rings. The van der Waals surface area contributed by atoms with Gasteiger partial charge >= 0.3 is 0 Å². The average molecular weight is 304 g/mol. The highest BCUT2D eigenvalue weighted by Gasteiger charge is 2.15. The number of carbonyl (C=O) groups is 1. The topological polar surface area (TPSA) is 42.2 Å². The quantitative estimate of drug-likeness (QED) is 0.834. The fourth-order valence-electron chi connectivity index (χ4n) is 2.69. The number of furan rings is 1. The van der Waals surface area contributed by atoms with Crippen molar-refractivity contribution in [3.8, 4) is 0 Å². The van der Waals surface area contributed by atoms with Gasteiger partial charge in [-0.3, -0.25) is 4.79 Å². The fraction of sp³-hybridized carbons (Fsp3) is 0.353. The first-order valence-electron chi connectivity index (χ1n) is 7.30. The molecule has 3 rings (SSSR count). The van der Waals surface area contributed by atoms with Gasteiger partial charge < -0.3 is 9.73 Å². The Bertz CT molecular complexity index is 661. The third kappa shape index (κ3) is 3.13. The lowest BCUT2D eigenvalue weighted by atomic mass is 9.91. The predicted octanol–water partition coefficient (Wildman–Crippen LogP) is 4.71. The molecule has 1 atom stereocenters. The summed E-state index contributed by atoms with van der Waals surface area (Å²) in [5.41, 5.74) is 3.56. The van der Waals surface area contributed by atoms with Crippen LogP contribution in [0.5, 0.6) is 0 Å². The largest absolute Gasteiger partial charge is 0.454 e. The van der Waals surface area contributed by atoms with E-state index in [0.717, 1.165) is 18.5 Å². The second-order valence-corrected chi connectivity index (χ2v) is 6.12. The van der Waals surface area contributed by atoms with Crippen LogP contribution in [0.1, 0.15) is 52.6 Å².